The molecular formula is C16H12Br2N4O4. The molecule has 26 heavy (non-hydrogen) atoms. The maximum atomic E-state index is 10.7. The number of benzene rings is 2. The van der Waals surface area contributed by atoms with Crippen LogP contribution in [0.25, 0.3) is 22.4 Å². The molecule has 6 N–H and O–H groups in total. The van der Waals surface area contributed by atoms with Gasteiger partial charge in [0.25, 0.3) is 0 Å². The number of ether oxygens (including phenoxy) is 1. The van der Waals surface area contributed by atoms with Crippen molar-refractivity contribution in [1.82, 2.24) is 9.97 Å². The molecule has 0 aliphatic rings. The number of imidazole rings is 1. The number of phenols is 1. The van der Waals surface area contributed by atoms with Gasteiger partial charge in [0.15, 0.2) is 12.4 Å². The van der Waals surface area contributed by atoms with Gasteiger partial charge in [0.2, 0.25) is 0 Å². The Labute approximate surface area is 163 Å². The summed E-state index contributed by atoms with van der Waals surface area (Å²) in [6.07, 6.45) is 0. The minimum absolute atomic E-state index is 0.0590. The van der Waals surface area contributed by atoms with E-state index in [0.717, 1.165) is 0 Å². The smallest absolute Gasteiger partial charge is 0.341 e. The van der Waals surface area contributed by atoms with Crippen molar-refractivity contribution >= 4 is 54.7 Å². The number of fused-ring (bicyclic) bond motifs is 1. The maximum Gasteiger partial charge on any atom is 0.341 e. The van der Waals surface area contributed by atoms with Crippen LogP contribution in [0.5, 0.6) is 11.5 Å². The average Bonchev–Trinajstić information content (AvgIpc) is 3.00. The molecule has 0 aliphatic heterocycles. The Balaban J connectivity index is 2.07. The zero-order valence-electron chi connectivity index (χ0n) is 13.0. The van der Waals surface area contributed by atoms with E-state index in [9.17, 15) is 9.90 Å². The summed E-state index contributed by atoms with van der Waals surface area (Å²) >= 11 is 6.53. The molecule has 0 fully saturated rings. The zero-order valence-corrected chi connectivity index (χ0v) is 16.2. The number of nitrogens with one attached hydrogen (secondary N) is 2. The highest BCUT2D eigenvalue weighted by atomic mass is 79.9. The minimum Gasteiger partial charge on any atom is -0.506 e. The summed E-state index contributed by atoms with van der Waals surface area (Å²) in [5.41, 5.74) is 7.73. The molecule has 0 saturated heterocycles. The van der Waals surface area contributed by atoms with Crippen LogP contribution in [0.1, 0.15) is 5.56 Å². The van der Waals surface area contributed by atoms with Crippen molar-refractivity contribution in [2.75, 3.05) is 6.61 Å². The number of carboxylic acids is 1. The Kier molecular flexibility index (Phi) is 4.88. The molecular weight excluding hydrogens is 472 g/mol. The summed E-state index contributed by atoms with van der Waals surface area (Å²) in [4.78, 5) is 18.2. The number of aromatic nitrogens is 2. The number of carboxylic acid groups (broad SMARTS) is 1. The highest BCUT2D eigenvalue weighted by molar-refractivity contribution is 9.11. The Morgan fingerprint density at radius 1 is 1.35 bits per heavy atom. The summed E-state index contributed by atoms with van der Waals surface area (Å²) in [6.45, 7) is -0.547. The molecule has 1 aromatic heterocycles. The Morgan fingerprint density at radius 3 is 2.73 bits per heavy atom. The van der Waals surface area contributed by atoms with Gasteiger partial charge in [0, 0.05) is 5.56 Å². The number of phenolic OH excluding ortho intramolecular Hbond substituents is 1. The highest BCUT2D eigenvalue weighted by Gasteiger charge is 2.20. The Bertz CT molecular complexity index is 1050. The predicted octanol–water partition coefficient (Wildman–Crippen LogP) is 3.21. The van der Waals surface area contributed by atoms with Crippen molar-refractivity contribution in [2.45, 2.75) is 0 Å². The minimum atomic E-state index is -1.13. The fourth-order valence-electron chi connectivity index (χ4n) is 2.34. The fraction of sp³-hybridized carbons (Fsp3) is 0.0625. The number of aromatic hydroxyl groups is 1. The van der Waals surface area contributed by atoms with E-state index < -0.39 is 12.6 Å². The second-order valence-electron chi connectivity index (χ2n) is 5.31. The number of nitrogens with two attached hydrogens (primary N) is 1. The quantitative estimate of drug-likeness (QED) is 0.278. The molecule has 3 aromatic rings. The molecule has 0 bridgehead atoms. The number of hydrogen-bond donors (Lipinski definition) is 5. The van der Waals surface area contributed by atoms with Gasteiger partial charge in [0.1, 0.15) is 21.9 Å². The molecule has 0 amide bonds. The van der Waals surface area contributed by atoms with Crippen LogP contribution in [0.2, 0.25) is 0 Å². The third-order valence-electron chi connectivity index (χ3n) is 3.54. The number of hydrogen-bond acceptors (Lipinski definition) is 5. The van der Waals surface area contributed by atoms with Gasteiger partial charge in [-0.25, -0.2) is 9.78 Å². The van der Waals surface area contributed by atoms with Crippen molar-refractivity contribution in [3.63, 3.8) is 0 Å². The first-order valence-corrected chi connectivity index (χ1v) is 8.76. The standard InChI is InChI=1S/C16H12Br2N4O4/c17-8-4-7(13(25)12(18)14(8)26-5-11(23)24)16-21-9-2-1-6(15(19)20)3-10(9)22-16/h1-4,25H,5H2,(H3,19,20)(H,21,22)(H,23,24). The van der Waals surface area contributed by atoms with Gasteiger partial charge in [0.05, 0.1) is 21.1 Å². The van der Waals surface area contributed by atoms with Crippen LogP contribution in [0.15, 0.2) is 33.2 Å². The first kappa shape index (κ1) is 18.2. The first-order chi connectivity index (χ1) is 12.3. The van der Waals surface area contributed by atoms with Crippen molar-refractivity contribution in [3.8, 4) is 22.9 Å². The second kappa shape index (κ2) is 6.96. The van der Waals surface area contributed by atoms with Crippen molar-refractivity contribution in [1.29, 1.82) is 5.41 Å². The maximum absolute atomic E-state index is 10.7. The number of aromatic amines is 1. The largest absolute Gasteiger partial charge is 0.506 e. The third kappa shape index (κ3) is 3.37. The zero-order chi connectivity index (χ0) is 19.0. The lowest BCUT2D eigenvalue weighted by atomic mass is 10.2. The van der Waals surface area contributed by atoms with E-state index in [0.29, 0.717) is 32.5 Å². The van der Waals surface area contributed by atoms with Crippen molar-refractivity contribution < 1.29 is 19.7 Å². The van der Waals surface area contributed by atoms with E-state index in [2.05, 4.69) is 41.8 Å². The van der Waals surface area contributed by atoms with Crippen LogP contribution < -0.4 is 10.5 Å². The van der Waals surface area contributed by atoms with Gasteiger partial charge < -0.3 is 25.7 Å². The molecule has 2 aromatic carbocycles. The number of amidine groups is 1. The van der Waals surface area contributed by atoms with Crippen LogP contribution in [0, 0.1) is 5.41 Å². The van der Waals surface area contributed by atoms with E-state index in [-0.39, 0.29) is 21.8 Å². The highest BCUT2D eigenvalue weighted by Crippen LogP contribution is 2.45. The summed E-state index contributed by atoms with van der Waals surface area (Å²) in [5.74, 6) is -0.783. The summed E-state index contributed by atoms with van der Waals surface area (Å²) < 4.78 is 5.83. The topological polar surface area (TPSA) is 145 Å². The third-order valence-corrected chi connectivity index (χ3v) is 4.86. The molecule has 10 heteroatoms. The van der Waals surface area contributed by atoms with Crippen LogP contribution in [0.3, 0.4) is 0 Å². The number of rotatable bonds is 5. The van der Waals surface area contributed by atoms with E-state index in [1.165, 1.54) is 0 Å². The Hall–Kier alpha value is -2.59. The lowest BCUT2D eigenvalue weighted by Crippen LogP contribution is -2.10. The molecule has 0 radical (unpaired) electrons. The molecule has 0 unspecified atom stereocenters. The number of aliphatic carboxylic acids is 1. The van der Waals surface area contributed by atoms with Gasteiger partial charge in [-0.15, -0.1) is 0 Å². The van der Waals surface area contributed by atoms with Gasteiger partial charge in [-0.2, -0.15) is 0 Å². The number of halogens is 2. The summed E-state index contributed by atoms with van der Waals surface area (Å²) in [5, 5.41) is 26.7. The number of H-pyrrole nitrogens is 1. The number of nitrogens with zero attached hydrogens (tertiary/aromatic N) is 1. The van der Waals surface area contributed by atoms with E-state index in [4.69, 9.17) is 21.0 Å². The van der Waals surface area contributed by atoms with Gasteiger partial charge in [-0.3, -0.25) is 5.41 Å². The molecule has 0 spiro atoms. The van der Waals surface area contributed by atoms with Gasteiger partial charge >= 0.3 is 5.97 Å². The van der Waals surface area contributed by atoms with E-state index in [1.54, 1.807) is 24.3 Å². The lowest BCUT2D eigenvalue weighted by Gasteiger charge is -2.12. The van der Waals surface area contributed by atoms with Crippen LogP contribution >= 0.6 is 31.9 Å². The lowest BCUT2D eigenvalue weighted by molar-refractivity contribution is -0.139. The molecule has 8 nitrogen and oxygen atoms in total. The van der Waals surface area contributed by atoms with Crippen molar-refractivity contribution in [3.05, 3.63) is 38.8 Å². The van der Waals surface area contributed by atoms with E-state index >= 15 is 0 Å². The molecule has 1 heterocycles. The predicted molar refractivity (Wildman–Crippen MR) is 103 cm³/mol. The molecule has 0 saturated carbocycles. The first-order valence-electron chi connectivity index (χ1n) is 7.18. The Morgan fingerprint density at radius 2 is 2.08 bits per heavy atom. The second-order valence-corrected chi connectivity index (χ2v) is 6.96. The van der Waals surface area contributed by atoms with Crippen LogP contribution in [-0.4, -0.2) is 38.6 Å². The average molecular weight is 484 g/mol. The van der Waals surface area contributed by atoms with Crippen LogP contribution in [0.4, 0.5) is 0 Å². The normalized spacial score (nSPS) is 10.8. The van der Waals surface area contributed by atoms with Gasteiger partial charge in [-0.1, -0.05) is 0 Å². The molecule has 3 rings (SSSR count). The molecule has 0 aliphatic carbocycles. The fourth-order valence-corrected chi connectivity index (χ4v) is 3.69. The van der Waals surface area contributed by atoms with Crippen molar-refractivity contribution in [2.24, 2.45) is 5.73 Å². The number of carbonyl (C=O) groups is 1. The number of nitrogen functional groups attached to an aromatic ring is 1. The SMILES string of the molecule is N=C(N)c1ccc2nc(-c3cc(Br)c(OCC(=O)O)c(Br)c3O)[nH]c2c1. The van der Waals surface area contributed by atoms with Gasteiger partial charge in [-0.05, 0) is 56.1 Å². The van der Waals surface area contributed by atoms with Crippen LogP contribution in [-0.2, 0) is 4.79 Å². The summed E-state index contributed by atoms with van der Waals surface area (Å²) in [6, 6.07) is 6.67. The monoisotopic (exact) mass is 482 g/mol. The molecule has 134 valence electrons. The van der Waals surface area contributed by atoms with E-state index in [1.807, 2.05) is 0 Å². The molecule has 0 atom stereocenters. The summed E-state index contributed by atoms with van der Waals surface area (Å²) in [7, 11) is 0.